The summed E-state index contributed by atoms with van der Waals surface area (Å²) >= 11 is 0. The molecule has 0 aliphatic heterocycles. The smallest absolute Gasteiger partial charge is 0.309 e. The van der Waals surface area contributed by atoms with Gasteiger partial charge in [-0.15, -0.1) is 0 Å². The monoisotopic (exact) mass is 383 g/mol. The van der Waals surface area contributed by atoms with E-state index >= 15 is 0 Å². The maximum Gasteiger partial charge on any atom is 0.309 e. The molecule has 9 heteroatoms. The number of amides is 1. The highest BCUT2D eigenvalue weighted by molar-refractivity contribution is 7.89. The summed E-state index contributed by atoms with van der Waals surface area (Å²) in [5, 5.41) is 2.63. The van der Waals surface area contributed by atoms with Gasteiger partial charge in [-0.05, 0) is 31.0 Å². The van der Waals surface area contributed by atoms with Crippen molar-refractivity contribution in [2.75, 3.05) is 45.0 Å². The number of benzene rings is 1. The number of nitrogens with one attached hydrogen (secondary N) is 1. The molecule has 2 rings (SSSR count). The van der Waals surface area contributed by atoms with Gasteiger partial charge in [0.15, 0.2) is 6.61 Å². The second kappa shape index (κ2) is 8.05. The number of ether oxygens (including phenoxy) is 1. The summed E-state index contributed by atoms with van der Waals surface area (Å²) < 4.78 is 30.7. The SMILES string of the molecule is CN(C)c1ccc(S(=O)(=O)N(C)C)cc1NC(=O)COC(=O)C1CCC1. The van der Waals surface area contributed by atoms with Crippen molar-refractivity contribution in [1.29, 1.82) is 0 Å². The molecule has 0 saturated heterocycles. The van der Waals surface area contributed by atoms with E-state index in [9.17, 15) is 18.0 Å². The van der Waals surface area contributed by atoms with Crippen LogP contribution in [0.3, 0.4) is 0 Å². The highest BCUT2D eigenvalue weighted by Gasteiger charge is 2.27. The molecule has 8 nitrogen and oxygen atoms in total. The van der Waals surface area contributed by atoms with Gasteiger partial charge in [0.05, 0.1) is 22.2 Å². The quantitative estimate of drug-likeness (QED) is 0.713. The lowest BCUT2D eigenvalue weighted by Gasteiger charge is -2.23. The van der Waals surface area contributed by atoms with Gasteiger partial charge < -0.3 is 15.0 Å². The number of carbonyl (C=O) groups excluding carboxylic acids is 2. The van der Waals surface area contributed by atoms with E-state index in [1.54, 1.807) is 25.1 Å². The average Bonchev–Trinajstić information content (AvgIpc) is 2.50. The Morgan fingerprint density at radius 3 is 2.35 bits per heavy atom. The molecule has 0 spiro atoms. The summed E-state index contributed by atoms with van der Waals surface area (Å²) in [7, 11) is 2.80. The fraction of sp³-hybridized carbons (Fsp3) is 0.529. The zero-order chi connectivity index (χ0) is 19.5. The fourth-order valence-electron chi connectivity index (χ4n) is 2.46. The van der Waals surface area contributed by atoms with Gasteiger partial charge in [0.25, 0.3) is 5.91 Å². The summed E-state index contributed by atoms with van der Waals surface area (Å²) in [6.07, 6.45) is 2.61. The van der Waals surface area contributed by atoms with Gasteiger partial charge >= 0.3 is 5.97 Å². The topological polar surface area (TPSA) is 96.0 Å². The van der Waals surface area contributed by atoms with Gasteiger partial charge in [-0.3, -0.25) is 9.59 Å². The Kier molecular flexibility index (Phi) is 6.25. The van der Waals surface area contributed by atoms with Crippen LogP contribution in [0.15, 0.2) is 23.1 Å². The van der Waals surface area contributed by atoms with Gasteiger partial charge in [0, 0.05) is 28.2 Å². The molecule has 1 saturated carbocycles. The van der Waals surface area contributed by atoms with Gasteiger partial charge in [-0.1, -0.05) is 6.42 Å². The summed E-state index contributed by atoms with van der Waals surface area (Å²) in [5.74, 6) is -0.975. The Bertz CT molecular complexity index is 786. The maximum absolute atomic E-state index is 12.3. The van der Waals surface area contributed by atoms with Crippen LogP contribution < -0.4 is 10.2 Å². The molecule has 0 unspecified atom stereocenters. The van der Waals surface area contributed by atoms with E-state index in [4.69, 9.17) is 4.74 Å². The van der Waals surface area contributed by atoms with Crippen LogP contribution in [0.5, 0.6) is 0 Å². The fourth-order valence-corrected chi connectivity index (χ4v) is 3.39. The van der Waals surface area contributed by atoms with Gasteiger partial charge in [-0.25, -0.2) is 12.7 Å². The average molecular weight is 383 g/mol. The summed E-state index contributed by atoms with van der Waals surface area (Å²) in [6, 6.07) is 4.50. The van der Waals surface area contributed by atoms with Crippen molar-refractivity contribution in [3.05, 3.63) is 18.2 Å². The molecule has 0 radical (unpaired) electrons. The molecule has 0 bridgehead atoms. The van der Waals surface area contributed by atoms with Crippen molar-refractivity contribution in [3.63, 3.8) is 0 Å². The lowest BCUT2D eigenvalue weighted by atomic mass is 9.86. The standard InChI is InChI=1S/C17H25N3O5S/c1-19(2)15-9-8-13(26(23,24)20(3)4)10-14(15)18-16(21)11-25-17(22)12-6-5-7-12/h8-10,12H,5-7,11H2,1-4H3,(H,18,21). The molecule has 0 atom stereocenters. The summed E-state index contributed by atoms with van der Waals surface area (Å²) in [6.45, 7) is -0.396. The van der Waals surface area contributed by atoms with Crippen molar-refractivity contribution in [1.82, 2.24) is 4.31 Å². The largest absolute Gasteiger partial charge is 0.455 e. The number of nitrogens with zero attached hydrogens (tertiary/aromatic N) is 2. The zero-order valence-electron chi connectivity index (χ0n) is 15.5. The van der Waals surface area contributed by atoms with Crippen LogP contribution >= 0.6 is 0 Å². The molecule has 1 aliphatic rings. The maximum atomic E-state index is 12.3. The molecule has 0 aromatic heterocycles. The lowest BCUT2D eigenvalue weighted by molar-refractivity contribution is -0.154. The number of sulfonamides is 1. The molecule has 1 aromatic rings. The highest BCUT2D eigenvalue weighted by Crippen LogP contribution is 2.29. The molecular weight excluding hydrogens is 358 g/mol. The summed E-state index contributed by atoms with van der Waals surface area (Å²) in [5.41, 5.74) is 0.976. The number of hydrogen-bond donors (Lipinski definition) is 1. The van der Waals surface area contributed by atoms with Gasteiger partial charge in [-0.2, -0.15) is 0 Å². The second-order valence-electron chi connectivity index (χ2n) is 6.64. The Balaban J connectivity index is 2.14. The molecule has 1 aromatic carbocycles. The number of esters is 1. The Morgan fingerprint density at radius 1 is 1.19 bits per heavy atom. The molecular formula is C17H25N3O5S. The van der Waals surface area contributed by atoms with E-state index in [0.29, 0.717) is 11.4 Å². The van der Waals surface area contributed by atoms with Crippen molar-refractivity contribution < 1.29 is 22.7 Å². The Labute approximate surface area is 154 Å². The molecule has 1 fully saturated rings. The molecule has 144 valence electrons. The van der Waals surface area contributed by atoms with Crippen molar-refractivity contribution in [2.45, 2.75) is 24.2 Å². The first-order valence-corrected chi connectivity index (χ1v) is 9.77. The first-order valence-electron chi connectivity index (χ1n) is 8.33. The number of carbonyl (C=O) groups is 2. The van der Waals surface area contributed by atoms with Crippen LogP contribution in [0.4, 0.5) is 11.4 Å². The van der Waals surface area contributed by atoms with Crippen molar-refractivity contribution in [3.8, 4) is 0 Å². The first kappa shape index (κ1) is 20.2. The molecule has 1 amide bonds. The number of rotatable bonds is 7. The van der Waals surface area contributed by atoms with Crippen LogP contribution in [0.2, 0.25) is 0 Å². The van der Waals surface area contributed by atoms with E-state index in [0.717, 1.165) is 23.6 Å². The predicted octanol–water partition coefficient (Wildman–Crippen LogP) is 1.28. The summed E-state index contributed by atoms with van der Waals surface area (Å²) in [4.78, 5) is 25.7. The highest BCUT2D eigenvalue weighted by atomic mass is 32.2. The van der Waals surface area contributed by atoms with E-state index in [2.05, 4.69) is 5.32 Å². The third kappa shape index (κ3) is 4.53. The van der Waals surface area contributed by atoms with Crippen molar-refractivity contribution >= 4 is 33.3 Å². The van der Waals surface area contributed by atoms with Crippen LogP contribution in [-0.4, -0.2) is 59.4 Å². The zero-order valence-corrected chi connectivity index (χ0v) is 16.3. The number of hydrogen-bond acceptors (Lipinski definition) is 6. The first-order chi connectivity index (χ1) is 12.1. The normalized spacial score (nSPS) is 14.7. The second-order valence-corrected chi connectivity index (χ2v) is 8.80. The van der Waals surface area contributed by atoms with E-state index in [1.165, 1.54) is 26.2 Å². The number of anilines is 2. The molecule has 0 heterocycles. The minimum absolute atomic E-state index is 0.0647. The minimum Gasteiger partial charge on any atom is -0.455 e. The Morgan fingerprint density at radius 2 is 1.85 bits per heavy atom. The van der Waals surface area contributed by atoms with E-state index in [-0.39, 0.29) is 16.8 Å². The van der Waals surface area contributed by atoms with Crippen molar-refractivity contribution in [2.24, 2.45) is 5.92 Å². The lowest BCUT2D eigenvalue weighted by Crippen LogP contribution is -2.28. The predicted molar refractivity (Wildman–Crippen MR) is 98.6 cm³/mol. The third-order valence-electron chi connectivity index (χ3n) is 4.29. The van der Waals surface area contributed by atoms with E-state index in [1.807, 2.05) is 0 Å². The molecule has 26 heavy (non-hydrogen) atoms. The minimum atomic E-state index is -3.63. The van der Waals surface area contributed by atoms with E-state index < -0.39 is 22.5 Å². The molecule has 1 N–H and O–H groups in total. The van der Waals surface area contributed by atoms with Crippen LogP contribution in [0.1, 0.15) is 19.3 Å². The van der Waals surface area contributed by atoms with Crippen LogP contribution in [0.25, 0.3) is 0 Å². The third-order valence-corrected chi connectivity index (χ3v) is 6.10. The van der Waals surface area contributed by atoms with Crippen LogP contribution in [-0.2, 0) is 24.3 Å². The molecule has 1 aliphatic carbocycles. The van der Waals surface area contributed by atoms with Gasteiger partial charge in [0.1, 0.15) is 0 Å². The van der Waals surface area contributed by atoms with Gasteiger partial charge in [0.2, 0.25) is 10.0 Å². The van der Waals surface area contributed by atoms with Crippen LogP contribution in [0, 0.1) is 5.92 Å². The Hall–Kier alpha value is -2.13.